The van der Waals surface area contributed by atoms with Crippen LogP contribution in [0.1, 0.15) is 43.4 Å². The van der Waals surface area contributed by atoms with E-state index in [4.69, 9.17) is 5.11 Å². The van der Waals surface area contributed by atoms with Crippen LogP contribution in [0.25, 0.3) is 6.08 Å². The van der Waals surface area contributed by atoms with Crippen LogP contribution in [0.5, 0.6) is 0 Å². The lowest BCUT2D eigenvalue weighted by Gasteiger charge is -2.09. The third kappa shape index (κ3) is 7.54. The van der Waals surface area contributed by atoms with Crippen molar-refractivity contribution >= 4 is 15.8 Å². The summed E-state index contributed by atoms with van der Waals surface area (Å²) in [7, 11) is 0. The molecular weight excluding hydrogens is 391 g/mol. The zero-order chi connectivity index (χ0) is 16.5. The van der Waals surface area contributed by atoms with Gasteiger partial charge in [0.25, 0.3) is 0 Å². The number of benzene rings is 1. The molecule has 0 spiro atoms. The van der Waals surface area contributed by atoms with E-state index in [1.54, 1.807) is 28.7 Å². The molecule has 118 valence electrons. The van der Waals surface area contributed by atoms with Crippen molar-refractivity contribution in [2.45, 2.75) is 39.5 Å². The van der Waals surface area contributed by atoms with Crippen LogP contribution in [-0.4, -0.2) is 14.9 Å². The van der Waals surface area contributed by atoms with Gasteiger partial charge in [-0.2, -0.15) is 0 Å². The quantitative estimate of drug-likeness (QED) is 0.291. The molecule has 0 amide bonds. The minimum Gasteiger partial charge on any atom is -0.478 e. The average Bonchev–Trinajstić information content (AvgIpc) is 2.43. The van der Waals surface area contributed by atoms with E-state index in [0.29, 0.717) is 6.42 Å². The highest BCUT2D eigenvalue weighted by Crippen LogP contribution is 2.17. The normalized spacial score (nSPS) is 10.7. The molecule has 22 heavy (non-hydrogen) atoms. The zero-order valence-corrected chi connectivity index (χ0v) is 15.3. The maximum Gasteiger partial charge on any atom is 0.360 e. The summed E-state index contributed by atoms with van der Waals surface area (Å²) in [6.07, 6.45) is 8.07. The van der Waals surface area contributed by atoms with Crippen LogP contribution in [0.4, 0.5) is 0 Å². The molecule has 0 bridgehead atoms. The Morgan fingerprint density at radius 2 is 1.95 bits per heavy atom. The number of allylic oxidation sites excluding steroid dienone is 2. The van der Waals surface area contributed by atoms with Crippen molar-refractivity contribution in [3.8, 4) is 0 Å². The third-order valence-corrected chi connectivity index (χ3v) is 3.79. The number of carboxylic acid groups (broad SMARTS) is 1. The van der Waals surface area contributed by atoms with Gasteiger partial charge in [0.05, 0.1) is 6.42 Å². The van der Waals surface area contributed by atoms with Gasteiger partial charge in [0.1, 0.15) is 0 Å². The van der Waals surface area contributed by atoms with Crippen molar-refractivity contribution < 1.29 is 37.3 Å². The van der Waals surface area contributed by atoms with Gasteiger partial charge in [-0.3, -0.25) is 0 Å². The molecular formula is C18H22IO3+. The minimum atomic E-state index is -0.948. The lowest BCUT2D eigenvalue weighted by atomic mass is 9.96. The lowest BCUT2D eigenvalue weighted by molar-refractivity contribution is -0.305. The Hall–Kier alpha value is -1.43. The number of halogens is 1. The first-order valence-corrected chi connectivity index (χ1v) is 8.41. The Labute approximate surface area is 145 Å². The first-order chi connectivity index (χ1) is 10.4. The molecule has 0 atom stereocenters. The second kappa shape index (κ2) is 9.56. The van der Waals surface area contributed by atoms with Gasteiger partial charge in [-0.1, -0.05) is 29.8 Å². The fourth-order valence-electron chi connectivity index (χ4n) is 2.09. The topological polar surface area (TPSA) is 54.4 Å². The van der Waals surface area contributed by atoms with Gasteiger partial charge >= 0.3 is 32.4 Å². The first-order valence-electron chi connectivity index (χ1n) is 7.24. The molecule has 1 aromatic rings. The van der Waals surface area contributed by atoms with Gasteiger partial charge in [-0.05, 0) is 55.9 Å². The predicted molar refractivity (Wildman–Crippen MR) is 85.6 cm³/mol. The first kappa shape index (κ1) is 18.6. The SMILES string of the molecule is CC(C)=CCc1cc(/C=C/C(=O)O)ccc1CCCC(=O)[IH+]. The van der Waals surface area contributed by atoms with E-state index < -0.39 is 5.97 Å². The number of rotatable bonds is 8. The van der Waals surface area contributed by atoms with Crippen molar-refractivity contribution in [3.63, 3.8) is 0 Å². The Morgan fingerprint density at radius 1 is 1.23 bits per heavy atom. The summed E-state index contributed by atoms with van der Waals surface area (Å²) in [5.74, 6) is -0.948. The average molecular weight is 413 g/mol. The maximum atomic E-state index is 11.1. The van der Waals surface area contributed by atoms with Crippen LogP contribution in [0.3, 0.4) is 0 Å². The molecule has 0 saturated carbocycles. The standard InChI is InChI=1S/C18H21IO3/c1-13(2)6-9-16-12-14(8-11-18(21)22)7-10-15(16)4-3-5-17(19)20/h6-8,10-12,19H,3-5,9H2,1-2H3/p+1/b11-8+. The highest BCUT2D eigenvalue weighted by atomic mass is 127. The van der Waals surface area contributed by atoms with Crippen LogP contribution in [0.15, 0.2) is 35.9 Å². The van der Waals surface area contributed by atoms with E-state index in [1.807, 2.05) is 18.2 Å². The summed E-state index contributed by atoms with van der Waals surface area (Å²) in [5, 5.41) is 8.71. The van der Waals surface area contributed by atoms with Crippen molar-refractivity contribution in [1.29, 1.82) is 0 Å². The van der Waals surface area contributed by atoms with E-state index >= 15 is 0 Å². The summed E-state index contributed by atoms with van der Waals surface area (Å²) in [6, 6.07) is 5.99. The number of hydrogen-bond acceptors (Lipinski definition) is 2. The van der Waals surface area contributed by atoms with Crippen LogP contribution in [-0.2, 0) is 22.4 Å². The highest BCUT2D eigenvalue weighted by molar-refractivity contribution is 5.85. The van der Waals surface area contributed by atoms with Crippen molar-refractivity contribution in [2.75, 3.05) is 0 Å². The molecule has 0 saturated heterocycles. The minimum absolute atomic E-state index is 0.225. The second-order valence-electron chi connectivity index (χ2n) is 5.41. The summed E-state index contributed by atoms with van der Waals surface area (Å²) >= 11 is 1.54. The summed E-state index contributed by atoms with van der Waals surface area (Å²) < 4.78 is 0.225. The molecule has 0 aliphatic rings. The maximum absolute atomic E-state index is 11.1. The molecule has 0 fully saturated rings. The molecule has 0 heterocycles. The summed E-state index contributed by atoms with van der Waals surface area (Å²) in [6.45, 7) is 4.12. The highest BCUT2D eigenvalue weighted by Gasteiger charge is 2.07. The molecule has 1 aromatic carbocycles. The molecule has 0 aliphatic heterocycles. The Bertz CT molecular complexity index is 596. The smallest absolute Gasteiger partial charge is 0.360 e. The largest absolute Gasteiger partial charge is 0.478 e. The van der Waals surface area contributed by atoms with Gasteiger partial charge in [0.2, 0.25) is 0 Å². The fraction of sp³-hybridized carbons (Fsp3) is 0.333. The molecule has 0 aliphatic carbocycles. The van der Waals surface area contributed by atoms with E-state index in [0.717, 1.165) is 30.9 Å². The molecule has 0 unspecified atom stereocenters. The number of aryl methyl sites for hydroxylation is 1. The van der Waals surface area contributed by atoms with E-state index in [2.05, 4.69) is 19.9 Å². The Morgan fingerprint density at radius 3 is 2.55 bits per heavy atom. The third-order valence-electron chi connectivity index (χ3n) is 3.21. The van der Waals surface area contributed by atoms with Crippen LogP contribution in [0.2, 0.25) is 0 Å². The van der Waals surface area contributed by atoms with Crippen molar-refractivity contribution in [1.82, 2.24) is 0 Å². The monoisotopic (exact) mass is 413 g/mol. The van der Waals surface area contributed by atoms with E-state index in [9.17, 15) is 9.59 Å². The van der Waals surface area contributed by atoms with Crippen molar-refractivity contribution in [2.24, 2.45) is 0 Å². The molecule has 0 aromatic heterocycles. The number of carbonyl (C=O) groups excluding carboxylic acids is 1. The predicted octanol–water partition coefficient (Wildman–Crippen LogP) is 0.428. The molecule has 0 radical (unpaired) electrons. The fourth-order valence-corrected chi connectivity index (χ4v) is 2.50. The van der Waals surface area contributed by atoms with Gasteiger partial charge < -0.3 is 5.11 Å². The van der Waals surface area contributed by atoms with Gasteiger partial charge in [-0.15, -0.1) is 0 Å². The van der Waals surface area contributed by atoms with Gasteiger partial charge in [0, 0.05) is 6.08 Å². The zero-order valence-electron chi connectivity index (χ0n) is 13.0. The Kier molecular flexibility index (Phi) is 8.09. The van der Waals surface area contributed by atoms with Crippen LogP contribution >= 0.6 is 0 Å². The summed E-state index contributed by atoms with van der Waals surface area (Å²) in [4.78, 5) is 21.7. The van der Waals surface area contributed by atoms with Gasteiger partial charge in [-0.25, -0.2) is 9.59 Å². The van der Waals surface area contributed by atoms with Gasteiger partial charge in [0.15, 0.2) is 0 Å². The molecule has 1 rings (SSSR count). The molecule has 4 heteroatoms. The van der Waals surface area contributed by atoms with E-state index in [-0.39, 0.29) is 3.79 Å². The van der Waals surface area contributed by atoms with Crippen LogP contribution < -0.4 is 22.6 Å². The second-order valence-corrected chi connectivity index (χ2v) is 6.71. The number of aliphatic carboxylic acids is 1. The van der Waals surface area contributed by atoms with E-state index in [1.165, 1.54) is 16.7 Å². The lowest BCUT2D eigenvalue weighted by Crippen LogP contribution is -3.38. The van der Waals surface area contributed by atoms with Crippen molar-refractivity contribution in [3.05, 3.63) is 52.6 Å². The summed E-state index contributed by atoms with van der Waals surface area (Å²) in [5.41, 5.74) is 4.56. The number of carboxylic acids is 1. The number of hydrogen-bond donors (Lipinski definition) is 1. The Balaban J connectivity index is 2.95. The molecule has 3 nitrogen and oxygen atoms in total. The number of carbonyl (C=O) groups is 2. The molecule has 1 N–H and O–H groups in total. The van der Waals surface area contributed by atoms with Crippen LogP contribution in [0, 0.1) is 0 Å².